The summed E-state index contributed by atoms with van der Waals surface area (Å²) in [6.07, 6.45) is -0.876. The monoisotopic (exact) mass is 345 g/mol. The zero-order valence-corrected chi connectivity index (χ0v) is 13.5. The van der Waals surface area contributed by atoms with Crippen molar-refractivity contribution in [2.45, 2.75) is 24.4 Å². The van der Waals surface area contributed by atoms with Gasteiger partial charge in [0.1, 0.15) is 17.1 Å². The van der Waals surface area contributed by atoms with Gasteiger partial charge in [-0.15, -0.1) is 11.8 Å². The predicted molar refractivity (Wildman–Crippen MR) is 80.8 cm³/mol. The number of nitrogens with zero attached hydrogens (tertiary/aromatic N) is 2. The Morgan fingerprint density at radius 1 is 1.48 bits per heavy atom. The minimum Gasteiger partial charge on any atom is -0.477 e. The first kappa shape index (κ1) is 17.7. The van der Waals surface area contributed by atoms with E-state index in [1.165, 1.54) is 30.6 Å². The number of aliphatic carboxylic acids is 1. The molecule has 4 atom stereocenters. The average Bonchev–Trinajstić information content (AvgIpc) is 2.73. The number of carboxylic acids is 1. The first-order valence-electron chi connectivity index (χ1n) is 6.95. The highest BCUT2D eigenvalue weighted by Gasteiger charge is 2.57. The van der Waals surface area contributed by atoms with Crippen LogP contribution in [0, 0.1) is 5.92 Å². The van der Waals surface area contributed by atoms with Gasteiger partial charge in [-0.3, -0.25) is 19.4 Å². The van der Waals surface area contributed by atoms with Gasteiger partial charge in [0.05, 0.1) is 18.6 Å². The van der Waals surface area contributed by atoms with Crippen LogP contribution in [0.4, 0.5) is 0 Å². The van der Waals surface area contributed by atoms with Crippen molar-refractivity contribution >= 4 is 29.5 Å². The fourth-order valence-electron chi connectivity index (χ4n) is 2.75. The number of hydrogen-bond donors (Lipinski definition) is 4. The smallest absolute Gasteiger partial charge is 0.353 e. The molecule has 2 heterocycles. The number of nitrogens with two attached hydrogens (primary N) is 1. The molecule has 0 aromatic carbocycles. The van der Waals surface area contributed by atoms with Crippen molar-refractivity contribution in [2.24, 2.45) is 11.7 Å². The van der Waals surface area contributed by atoms with Gasteiger partial charge in [-0.2, -0.15) is 0 Å². The quantitative estimate of drug-likeness (QED) is 0.387. The molecular formula is C13H19N3O6S. The molecule has 5 N–H and O–H groups in total. The molecule has 0 aliphatic carbocycles. The van der Waals surface area contributed by atoms with Crippen molar-refractivity contribution in [3.05, 3.63) is 10.6 Å². The van der Waals surface area contributed by atoms with Crippen molar-refractivity contribution in [3.8, 4) is 0 Å². The van der Waals surface area contributed by atoms with Crippen LogP contribution < -0.4 is 5.73 Å². The van der Waals surface area contributed by atoms with Crippen LogP contribution >= 0.6 is 11.8 Å². The van der Waals surface area contributed by atoms with E-state index in [0.29, 0.717) is 4.91 Å². The summed E-state index contributed by atoms with van der Waals surface area (Å²) in [5, 5.41) is 27.8. The second-order valence-electron chi connectivity index (χ2n) is 5.58. The molecule has 0 spiro atoms. The zero-order chi connectivity index (χ0) is 17.5. The van der Waals surface area contributed by atoms with Crippen molar-refractivity contribution in [1.82, 2.24) is 9.80 Å². The minimum absolute atomic E-state index is 0.0489. The molecular weight excluding hydrogens is 326 g/mol. The zero-order valence-electron chi connectivity index (χ0n) is 12.7. The molecule has 2 aliphatic rings. The number of carbonyl (C=O) groups is 3. The maximum atomic E-state index is 12.1. The van der Waals surface area contributed by atoms with Crippen LogP contribution in [0.25, 0.3) is 0 Å². The second-order valence-corrected chi connectivity index (χ2v) is 6.79. The van der Waals surface area contributed by atoms with Crippen LogP contribution in [0.5, 0.6) is 0 Å². The number of primary amides is 1. The van der Waals surface area contributed by atoms with Gasteiger partial charge in [0.15, 0.2) is 0 Å². The molecule has 9 nitrogen and oxygen atoms in total. The van der Waals surface area contributed by atoms with E-state index in [-0.39, 0.29) is 12.2 Å². The number of likely N-dealkylation sites (N-methyl/N-ethyl adjacent to an activating group) is 1. The fourth-order valence-corrected chi connectivity index (χ4v) is 4.42. The number of rotatable bonds is 7. The molecule has 1 fully saturated rings. The van der Waals surface area contributed by atoms with Crippen molar-refractivity contribution in [1.29, 1.82) is 0 Å². The summed E-state index contributed by atoms with van der Waals surface area (Å²) in [6.45, 7) is 1.04. The number of fused-ring (bicyclic) bond motifs is 1. The van der Waals surface area contributed by atoms with Crippen LogP contribution in [-0.4, -0.2) is 80.6 Å². The van der Waals surface area contributed by atoms with Gasteiger partial charge < -0.3 is 21.1 Å². The van der Waals surface area contributed by atoms with E-state index in [1.807, 2.05) is 0 Å². The van der Waals surface area contributed by atoms with Crippen LogP contribution in [0.15, 0.2) is 10.6 Å². The summed E-state index contributed by atoms with van der Waals surface area (Å²) >= 11 is 1.17. The molecule has 2 rings (SSSR count). The Hall–Kier alpha value is -1.62. The lowest BCUT2D eigenvalue weighted by atomic mass is 9.92. The van der Waals surface area contributed by atoms with Crippen molar-refractivity contribution in [2.75, 3.05) is 20.2 Å². The Morgan fingerprint density at radius 3 is 2.52 bits per heavy atom. The molecule has 128 valence electrons. The third kappa shape index (κ3) is 2.94. The van der Waals surface area contributed by atoms with Crippen LogP contribution in [0.2, 0.25) is 0 Å². The van der Waals surface area contributed by atoms with E-state index in [0.717, 1.165) is 4.90 Å². The first-order chi connectivity index (χ1) is 10.7. The van der Waals surface area contributed by atoms with Gasteiger partial charge in [-0.05, 0) is 14.0 Å². The molecule has 0 saturated carbocycles. The lowest BCUT2D eigenvalue weighted by Crippen LogP contribution is -2.60. The van der Waals surface area contributed by atoms with E-state index < -0.39 is 47.8 Å². The van der Waals surface area contributed by atoms with Crippen molar-refractivity contribution < 1.29 is 29.7 Å². The molecule has 1 saturated heterocycles. The number of amides is 2. The third-order valence-electron chi connectivity index (χ3n) is 4.00. The summed E-state index contributed by atoms with van der Waals surface area (Å²) in [5.74, 6) is -3.06. The summed E-state index contributed by atoms with van der Waals surface area (Å²) in [4.78, 5) is 37.8. The summed E-state index contributed by atoms with van der Waals surface area (Å²) < 4.78 is 0. The Balaban J connectivity index is 2.23. The predicted octanol–water partition coefficient (Wildman–Crippen LogP) is -2.03. The molecule has 23 heavy (non-hydrogen) atoms. The normalized spacial score (nSPS) is 26.1. The highest BCUT2D eigenvalue weighted by molar-refractivity contribution is 8.04. The van der Waals surface area contributed by atoms with Crippen LogP contribution in [-0.2, 0) is 14.4 Å². The second kappa shape index (κ2) is 6.48. The van der Waals surface area contributed by atoms with Gasteiger partial charge >= 0.3 is 5.97 Å². The van der Waals surface area contributed by atoms with Crippen LogP contribution in [0.3, 0.4) is 0 Å². The number of aliphatic hydroxyl groups excluding tert-OH is 2. The van der Waals surface area contributed by atoms with Gasteiger partial charge in [-0.25, -0.2) is 4.79 Å². The number of aliphatic hydroxyl groups is 2. The Labute approximate surface area is 136 Å². The Morgan fingerprint density at radius 2 is 2.09 bits per heavy atom. The summed E-state index contributed by atoms with van der Waals surface area (Å²) in [7, 11) is 1.53. The van der Waals surface area contributed by atoms with Crippen molar-refractivity contribution in [3.63, 3.8) is 0 Å². The lowest BCUT2D eigenvalue weighted by Gasteiger charge is -2.43. The number of carbonyl (C=O) groups excluding carboxylic acids is 2. The number of hydrogen-bond acceptors (Lipinski definition) is 7. The van der Waals surface area contributed by atoms with Gasteiger partial charge in [-0.1, -0.05) is 0 Å². The SMILES string of the molecule is C[C@@H](O)[C@H]1C(=O)N2C(C(=O)O)=C(CN(C)C(CO)C(N)=O)S[C@H]12. The molecule has 1 unspecified atom stereocenters. The molecule has 10 heteroatoms. The highest BCUT2D eigenvalue weighted by atomic mass is 32.2. The van der Waals surface area contributed by atoms with Crippen LogP contribution in [0.1, 0.15) is 6.92 Å². The Kier molecular flexibility index (Phi) is 4.99. The fraction of sp³-hybridized carbons (Fsp3) is 0.615. The van der Waals surface area contributed by atoms with Gasteiger partial charge in [0, 0.05) is 11.4 Å². The van der Waals surface area contributed by atoms with E-state index in [4.69, 9.17) is 5.73 Å². The van der Waals surface area contributed by atoms with E-state index in [1.54, 1.807) is 0 Å². The standard InChI is InChI=1S/C13H19N3O6S/c1-5(18)8-11(20)16-9(13(21)22)7(23-12(8)16)3-15(2)6(4-17)10(14)19/h5-6,8,12,17-18H,3-4H2,1-2H3,(H2,14,19)(H,21,22)/t5-,6?,8+,12-/m1/s1. The average molecular weight is 345 g/mol. The molecule has 0 radical (unpaired) electrons. The molecule has 0 bridgehead atoms. The maximum Gasteiger partial charge on any atom is 0.353 e. The number of carboxylic acid groups (broad SMARTS) is 1. The topological polar surface area (TPSA) is 144 Å². The molecule has 0 aromatic rings. The number of thioether (sulfide) groups is 1. The minimum atomic E-state index is -1.25. The molecule has 2 amide bonds. The van der Waals surface area contributed by atoms with Gasteiger partial charge in [0.2, 0.25) is 11.8 Å². The van der Waals surface area contributed by atoms with E-state index >= 15 is 0 Å². The third-order valence-corrected chi connectivity index (χ3v) is 5.35. The Bertz CT molecular complexity index is 578. The molecule has 0 aromatic heterocycles. The number of β-lactam (4-membered cyclic amide) rings is 1. The highest BCUT2D eigenvalue weighted by Crippen LogP contribution is 2.50. The van der Waals surface area contributed by atoms with E-state index in [2.05, 4.69) is 0 Å². The summed E-state index contributed by atoms with van der Waals surface area (Å²) in [5.41, 5.74) is 5.05. The van der Waals surface area contributed by atoms with Gasteiger partial charge in [0.25, 0.3) is 0 Å². The first-order valence-corrected chi connectivity index (χ1v) is 7.83. The van der Waals surface area contributed by atoms with E-state index in [9.17, 15) is 29.7 Å². The maximum absolute atomic E-state index is 12.1. The summed E-state index contributed by atoms with van der Waals surface area (Å²) in [6, 6.07) is -0.949. The lowest BCUT2D eigenvalue weighted by molar-refractivity contribution is -0.156. The largest absolute Gasteiger partial charge is 0.477 e. The molecule has 2 aliphatic heterocycles.